The van der Waals surface area contributed by atoms with E-state index >= 15 is 0 Å². The second kappa shape index (κ2) is 5.99. The van der Waals surface area contributed by atoms with E-state index in [1.807, 2.05) is 12.1 Å². The van der Waals surface area contributed by atoms with Gasteiger partial charge in [-0.05, 0) is 24.1 Å². The molecule has 6 heteroatoms. The number of aromatic hydroxyl groups is 1. The molecule has 0 bridgehead atoms. The van der Waals surface area contributed by atoms with Crippen molar-refractivity contribution in [2.75, 3.05) is 6.54 Å². The summed E-state index contributed by atoms with van der Waals surface area (Å²) in [6.07, 6.45) is 0.824. The number of amides is 1. The molecule has 0 saturated heterocycles. The second-order valence-electron chi connectivity index (χ2n) is 4.17. The Morgan fingerprint density at radius 2 is 2.11 bits per heavy atom. The molecule has 0 radical (unpaired) electrons. The van der Waals surface area contributed by atoms with Gasteiger partial charge >= 0.3 is 0 Å². The van der Waals surface area contributed by atoms with Crippen LogP contribution in [-0.4, -0.2) is 27.7 Å². The highest BCUT2D eigenvalue weighted by Gasteiger charge is 2.08. The number of phenols is 1. The van der Waals surface area contributed by atoms with Gasteiger partial charge in [0.2, 0.25) is 11.8 Å². The molecule has 1 aromatic heterocycles. The number of phenolic OH excluding ortho intramolecular Hbond substituents is 1. The van der Waals surface area contributed by atoms with E-state index in [0.29, 0.717) is 24.7 Å². The van der Waals surface area contributed by atoms with Crippen LogP contribution in [-0.2, 0) is 17.6 Å². The van der Waals surface area contributed by atoms with Gasteiger partial charge in [0, 0.05) is 13.5 Å². The number of carbonyl (C=O) groups is 1. The lowest BCUT2D eigenvalue weighted by atomic mass is 10.1. The topological polar surface area (TPSA) is 88.2 Å². The first-order valence-electron chi connectivity index (χ1n) is 5.97. The van der Waals surface area contributed by atoms with Gasteiger partial charge in [-0.2, -0.15) is 4.98 Å². The van der Waals surface area contributed by atoms with Crippen molar-refractivity contribution in [2.45, 2.75) is 19.8 Å². The standard InChI is InChI=1S/C13H15N3O3/c1-9-15-12(16-19-9)8-13(18)14-7-6-10-2-4-11(17)5-3-10/h2-5,17H,6-8H2,1H3,(H,14,18). The van der Waals surface area contributed by atoms with Crippen molar-refractivity contribution in [2.24, 2.45) is 0 Å². The van der Waals surface area contributed by atoms with Crippen molar-refractivity contribution in [3.8, 4) is 5.75 Å². The van der Waals surface area contributed by atoms with E-state index in [0.717, 1.165) is 5.56 Å². The average Bonchev–Trinajstić information content (AvgIpc) is 2.77. The fourth-order valence-electron chi connectivity index (χ4n) is 1.63. The van der Waals surface area contributed by atoms with Crippen molar-refractivity contribution in [1.82, 2.24) is 15.5 Å². The van der Waals surface area contributed by atoms with Crippen molar-refractivity contribution in [1.29, 1.82) is 0 Å². The van der Waals surface area contributed by atoms with Crippen LogP contribution in [0.25, 0.3) is 0 Å². The molecule has 19 heavy (non-hydrogen) atoms. The molecule has 0 aliphatic rings. The molecule has 0 atom stereocenters. The minimum atomic E-state index is -0.139. The molecular formula is C13H15N3O3. The average molecular weight is 261 g/mol. The number of hydrogen-bond acceptors (Lipinski definition) is 5. The van der Waals surface area contributed by atoms with E-state index < -0.39 is 0 Å². The molecular weight excluding hydrogens is 246 g/mol. The van der Waals surface area contributed by atoms with E-state index in [2.05, 4.69) is 15.5 Å². The van der Waals surface area contributed by atoms with Gasteiger partial charge in [0.15, 0.2) is 5.82 Å². The maximum atomic E-state index is 11.6. The lowest BCUT2D eigenvalue weighted by Crippen LogP contribution is -2.27. The normalized spacial score (nSPS) is 10.4. The molecule has 0 unspecified atom stereocenters. The molecule has 6 nitrogen and oxygen atoms in total. The molecule has 2 N–H and O–H groups in total. The van der Waals surface area contributed by atoms with Crippen LogP contribution >= 0.6 is 0 Å². The van der Waals surface area contributed by atoms with E-state index in [1.165, 1.54) is 0 Å². The summed E-state index contributed by atoms with van der Waals surface area (Å²) in [5, 5.41) is 15.6. The predicted molar refractivity (Wildman–Crippen MR) is 67.6 cm³/mol. The van der Waals surface area contributed by atoms with Crippen molar-refractivity contribution >= 4 is 5.91 Å². The third-order valence-corrected chi connectivity index (χ3v) is 2.56. The van der Waals surface area contributed by atoms with Crippen molar-refractivity contribution in [3.05, 3.63) is 41.5 Å². The summed E-state index contributed by atoms with van der Waals surface area (Å²) in [5.41, 5.74) is 1.05. The first kappa shape index (κ1) is 13.1. The minimum absolute atomic E-state index is 0.118. The zero-order valence-corrected chi connectivity index (χ0v) is 10.6. The molecule has 2 aromatic rings. The van der Waals surface area contributed by atoms with Gasteiger partial charge in [0.25, 0.3) is 0 Å². The Balaban J connectivity index is 1.73. The van der Waals surface area contributed by atoms with E-state index in [-0.39, 0.29) is 18.1 Å². The molecule has 0 aliphatic heterocycles. The van der Waals surface area contributed by atoms with Gasteiger partial charge in [-0.3, -0.25) is 4.79 Å². The molecule has 2 rings (SSSR count). The SMILES string of the molecule is Cc1nc(CC(=O)NCCc2ccc(O)cc2)no1. The van der Waals surface area contributed by atoms with E-state index in [1.54, 1.807) is 19.1 Å². The number of carbonyl (C=O) groups excluding carboxylic acids is 1. The molecule has 0 aliphatic carbocycles. The number of benzene rings is 1. The summed E-state index contributed by atoms with van der Waals surface area (Å²) < 4.78 is 4.79. The molecule has 0 fully saturated rings. The fourth-order valence-corrected chi connectivity index (χ4v) is 1.63. The van der Waals surface area contributed by atoms with E-state index in [9.17, 15) is 4.79 Å². The zero-order valence-electron chi connectivity index (χ0n) is 10.6. The van der Waals surface area contributed by atoms with Crippen LogP contribution in [0.4, 0.5) is 0 Å². The number of aromatic nitrogens is 2. The largest absolute Gasteiger partial charge is 0.508 e. The lowest BCUT2D eigenvalue weighted by Gasteiger charge is -2.04. The molecule has 0 saturated carbocycles. The minimum Gasteiger partial charge on any atom is -0.508 e. The Morgan fingerprint density at radius 3 is 2.74 bits per heavy atom. The van der Waals surface area contributed by atoms with Gasteiger partial charge in [-0.15, -0.1) is 0 Å². The number of nitrogens with one attached hydrogen (secondary N) is 1. The Labute approximate surface area is 110 Å². The summed E-state index contributed by atoms with van der Waals surface area (Å²) in [5.74, 6) is 0.936. The third-order valence-electron chi connectivity index (χ3n) is 2.56. The molecule has 1 amide bonds. The van der Waals surface area contributed by atoms with E-state index in [4.69, 9.17) is 9.63 Å². The fraction of sp³-hybridized carbons (Fsp3) is 0.308. The molecule has 1 heterocycles. The third kappa shape index (κ3) is 4.09. The quantitative estimate of drug-likeness (QED) is 0.837. The summed E-state index contributed by atoms with van der Waals surface area (Å²) in [4.78, 5) is 15.6. The Hall–Kier alpha value is -2.37. The maximum absolute atomic E-state index is 11.6. The van der Waals surface area contributed by atoms with Crippen molar-refractivity contribution < 1.29 is 14.4 Å². The van der Waals surface area contributed by atoms with Gasteiger partial charge in [-0.1, -0.05) is 17.3 Å². The van der Waals surface area contributed by atoms with Gasteiger partial charge in [-0.25, -0.2) is 0 Å². The summed E-state index contributed by atoms with van der Waals surface area (Å²) in [6.45, 7) is 2.21. The molecule has 100 valence electrons. The number of hydrogen-bond donors (Lipinski definition) is 2. The highest BCUT2D eigenvalue weighted by molar-refractivity contribution is 5.77. The number of nitrogens with zero attached hydrogens (tertiary/aromatic N) is 2. The Kier molecular flexibility index (Phi) is 4.12. The van der Waals surface area contributed by atoms with Crippen molar-refractivity contribution in [3.63, 3.8) is 0 Å². The first-order valence-corrected chi connectivity index (χ1v) is 5.97. The van der Waals surface area contributed by atoms with Gasteiger partial charge in [0.1, 0.15) is 5.75 Å². The monoisotopic (exact) mass is 261 g/mol. The maximum Gasteiger partial charge on any atom is 0.227 e. The zero-order chi connectivity index (χ0) is 13.7. The number of aryl methyl sites for hydroxylation is 1. The first-order chi connectivity index (χ1) is 9.13. The van der Waals surface area contributed by atoms with Gasteiger partial charge < -0.3 is 14.9 Å². The smallest absolute Gasteiger partial charge is 0.227 e. The number of rotatable bonds is 5. The Morgan fingerprint density at radius 1 is 1.37 bits per heavy atom. The Bertz CT molecular complexity index is 549. The molecule has 1 aromatic carbocycles. The summed E-state index contributed by atoms with van der Waals surface area (Å²) >= 11 is 0. The predicted octanol–water partition coefficient (Wildman–Crippen LogP) is 0.985. The second-order valence-corrected chi connectivity index (χ2v) is 4.17. The van der Waals surface area contributed by atoms with Crippen LogP contribution in [0.5, 0.6) is 5.75 Å². The van der Waals surface area contributed by atoms with Gasteiger partial charge in [0.05, 0.1) is 6.42 Å². The summed E-state index contributed by atoms with van der Waals surface area (Å²) in [6, 6.07) is 6.90. The highest BCUT2D eigenvalue weighted by atomic mass is 16.5. The van der Waals surface area contributed by atoms with Crippen LogP contribution in [0.15, 0.2) is 28.8 Å². The lowest BCUT2D eigenvalue weighted by molar-refractivity contribution is -0.120. The highest BCUT2D eigenvalue weighted by Crippen LogP contribution is 2.09. The van der Waals surface area contributed by atoms with Crippen LogP contribution in [0.1, 0.15) is 17.3 Å². The molecule has 0 spiro atoms. The van der Waals surface area contributed by atoms with Crippen LogP contribution < -0.4 is 5.32 Å². The van der Waals surface area contributed by atoms with Crippen LogP contribution in [0, 0.1) is 6.92 Å². The summed E-state index contributed by atoms with van der Waals surface area (Å²) in [7, 11) is 0. The van der Waals surface area contributed by atoms with Crippen LogP contribution in [0.2, 0.25) is 0 Å². The van der Waals surface area contributed by atoms with Crippen LogP contribution in [0.3, 0.4) is 0 Å².